The third-order valence-electron chi connectivity index (χ3n) is 12.8. The van der Waals surface area contributed by atoms with Gasteiger partial charge < -0.3 is 14.2 Å². The zero-order valence-corrected chi connectivity index (χ0v) is 45.1. The first-order valence-electron chi connectivity index (χ1n) is 29.3. The number of hydrogen-bond acceptors (Lipinski definition) is 6. The van der Waals surface area contributed by atoms with Gasteiger partial charge in [0.25, 0.3) is 0 Å². The molecule has 0 heterocycles. The second-order valence-corrected chi connectivity index (χ2v) is 19.5. The summed E-state index contributed by atoms with van der Waals surface area (Å²) in [7, 11) is 0. The Morgan fingerprint density at radius 1 is 0.309 bits per heavy atom. The van der Waals surface area contributed by atoms with Crippen molar-refractivity contribution in [1.82, 2.24) is 0 Å². The molecule has 0 saturated heterocycles. The van der Waals surface area contributed by atoms with Crippen molar-refractivity contribution >= 4 is 17.9 Å². The molecule has 0 aliphatic carbocycles. The minimum atomic E-state index is -0.789. The van der Waals surface area contributed by atoms with Gasteiger partial charge in [-0.3, -0.25) is 14.4 Å². The molecule has 394 valence electrons. The fourth-order valence-electron chi connectivity index (χ4n) is 8.37. The Kier molecular flexibility index (Phi) is 54.3. The van der Waals surface area contributed by atoms with Crippen LogP contribution in [0.25, 0.3) is 0 Å². The van der Waals surface area contributed by atoms with Crippen molar-refractivity contribution in [2.45, 2.75) is 303 Å². The molecule has 0 aromatic rings. The molecular weight excluding hydrogens is 841 g/mol. The van der Waals surface area contributed by atoms with Gasteiger partial charge in [0.15, 0.2) is 6.10 Å². The van der Waals surface area contributed by atoms with Gasteiger partial charge in [-0.25, -0.2) is 0 Å². The molecule has 0 aliphatic heterocycles. The van der Waals surface area contributed by atoms with E-state index in [1.807, 2.05) is 0 Å². The summed E-state index contributed by atoms with van der Waals surface area (Å²) in [5, 5.41) is 0. The van der Waals surface area contributed by atoms with Crippen LogP contribution in [0.4, 0.5) is 0 Å². The van der Waals surface area contributed by atoms with E-state index in [2.05, 4.69) is 81.5 Å². The predicted octanol–water partition coefficient (Wildman–Crippen LogP) is 19.6. The SMILES string of the molecule is CC/C=C\C/C=C\C/C=C\C/C=C\CCCCCCC(=O)OC(COC(=O)CCCCCCC/C=C\CCCCCCCC)COC(=O)CCCCCCCCCCCCCCCCCCCC. The van der Waals surface area contributed by atoms with Crippen molar-refractivity contribution in [3.63, 3.8) is 0 Å². The van der Waals surface area contributed by atoms with Gasteiger partial charge >= 0.3 is 17.9 Å². The molecule has 0 fully saturated rings. The van der Waals surface area contributed by atoms with Crippen LogP contribution >= 0.6 is 0 Å². The lowest BCUT2D eigenvalue weighted by atomic mass is 10.0. The van der Waals surface area contributed by atoms with Crippen molar-refractivity contribution in [2.24, 2.45) is 0 Å². The maximum absolute atomic E-state index is 12.9. The Balaban J connectivity index is 4.40. The van der Waals surface area contributed by atoms with Gasteiger partial charge in [-0.15, -0.1) is 0 Å². The molecule has 0 saturated carbocycles. The number of rotatable bonds is 53. The monoisotopic (exact) mass is 951 g/mol. The number of ether oxygens (including phenoxy) is 3. The van der Waals surface area contributed by atoms with E-state index < -0.39 is 6.10 Å². The van der Waals surface area contributed by atoms with E-state index in [4.69, 9.17) is 14.2 Å². The van der Waals surface area contributed by atoms with E-state index in [1.165, 1.54) is 154 Å². The smallest absolute Gasteiger partial charge is 0.306 e. The van der Waals surface area contributed by atoms with Crippen LogP contribution in [-0.4, -0.2) is 37.2 Å². The maximum Gasteiger partial charge on any atom is 0.306 e. The fourth-order valence-corrected chi connectivity index (χ4v) is 8.37. The first-order chi connectivity index (χ1) is 33.5. The topological polar surface area (TPSA) is 78.9 Å². The van der Waals surface area contributed by atoms with E-state index in [1.54, 1.807) is 0 Å². The molecular formula is C62H110O6. The zero-order chi connectivity index (χ0) is 49.3. The van der Waals surface area contributed by atoms with E-state index >= 15 is 0 Å². The number of allylic oxidation sites excluding steroid dienone is 10. The average molecular weight is 952 g/mol. The summed E-state index contributed by atoms with van der Waals surface area (Å²) in [4.78, 5) is 38.2. The fraction of sp³-hybridized carbons (Fsp3) is 0.790. The number of carbonyl (C=O) groups excluding carboxylic acids is 3. The van der Waals surface area contributed by atoms with E-state index in [9.17, 15) is 14.4 Å². The van der Waals surface area contributed by atoms with Gasteiger partial charge in [0, 0.05) is 19.3 Å². The van der Waals surface area contributed by atoms with E-state index in [0.29, 0.717) is 19.3 Å². The van der Waals surface area contributed by atoms with Crippen LogP contribution < -0.4 is 0 Å². The van der Waals surface area contributed by atoms with E-state index in [0.717, 1.165) is 103 Å². The van der Waals surface area contributed by atoms with Crippen molar-refractivity contribution in [3.05, 3.63) is 60.8 Å². The van der Waals surface area contributed by atoms with Crippen molar-refractivity contribution in [3.8, 4) is 0 Å². The first-order valence-corrected chi connectivity index (χ1v) is 29.3. The number of carbonyl (C=O) groups is 3. The highest BCUT2D eigenvalue weighted by atomic mass is 16.6. The summed E-state index contributed by atoms with van der Waals surface area (Å²) in [6, 6.07) is 0. The lowest BCUT2D eigenvalue weighted by Crippen LogP contribution is -2.30. The van der Waals surface area contributed by atoms with E-state index in [-0.39, 0.29) is 31.1 Å². The van der Waals surface area contributed by atoms with Crippen LogP contribution in [0.2, 0.25) is 0 Å². The molecule has 0 aromatic carbocycles. The highest BCUT2D eigenvalue weighted by Gasteiger charge is 2.19. The minimum Gasteiger partial charge on any atom is -0.462 e. The van der Waals surface area contributed by atoms with Crippen LogP contribution in [0.15, 0.2) is 60.8 Å². The van der Waals surface area contributed by atoms with Gasteiger partial charge in [-0.1, -0.05) is 255 Å². The lowest BCUT2D eigenvalue weighted by molar-refractivity contribution is -0.167. The van der Waals surface area contributed by atoms with Crippen LogP contribution in [0.3, 0.4) is 0 Å². The van der Waals surface area contributed by atoms with Gasteiger partial charge in [-0.05, 0) is 83.5 Å². The van der Waals surface area contributed by atoms with Gasteiger partial charge in [0.05, 0.1) is 0 Å². The minimum absolute atomic E-state index is 0.0842. The molecule has 68 heavy (non-hydrogen) atoms. The quantitative estimate of drug-likeness (QED) is 0.0262. The summed E-state index contributed by atoms with van der Waals surface area (Å²) in [6.45, 7) is 6.53. The van der Waals surface area contributed by atoms with Crippen LogP contribution in [0.1, 0.15) is 297 Å². The second-order valence-electron chi connectivity index (χ2n) is 19.5. The standard InChI is InChI=1S/C62H110O6/c1-4-7-10-13-16-19-22-25-28-30-32-34-37-40-43-46-49-52-55-61(64)67-58-59(57-66-60(63)54-51-48-45-42-39-36-33-27-24-21-18-15-12-9-6-3)68-62(65)56-53-50-47-44-41-38-35-31-29-26-23-20-17-14-11-8-5-2/h8,11,17,20,26-27,29,33,35,38,59H,4-7,9-10,12-16,18-19,21-25,28,30-32,34,36-37,39-58H2,1-3H3/b11-8-,20-17-,29-26-,33-27-,38-35-. The average Bonchev–Trinajstić information content (AvgIpc) is 3.34. The van der Waals surface area contributed by atoms with Crippen LogP contribution in [0.5, 0.6) is 0 Å². The summed E-state index contributed by atoms with van der Waals surface area (Å²) in [6.07, 6.45) is 70.7. The summed E-state index contributed by atoms with van der Waals surface area (Å²) in [5.41, 5.74) is 0. The normalized spacial score (nSPS) is 12.5. The van der Waals surface area contributed by atoms with Gasteiger partial charge in [0.1, 0.15) is 13.2 Å². The van der Waals surface area contributed by atoms with Crippen LogP contribution in [-0.2, 0) is 28.6 Å². The Bertz CT molecular complexity index is 1230. The lowest BCUT2D eigenvalue weighted by Gasteiger charge is -2.18. The molecule has 0 radical (unpaired) electrons. The predicted molar refractivity (Wildman–Crippen MR) is 293 cm³/mol. The molecule has 0 amide bonds. The molecule has 0 aliphatic rings. The Hall–Kier alpha value is -2.89. The molecule has 0 rings (SSSR count). The second kappa shape index (κ2) is 56.7. The third kappa shape index (κ3) is 54.1. The Morgan fingerprint density at radius 2 is 0.574 bits per heavy atom. The number of esters is 3. The van der Waals surface area contributed by atoms with Crippen molar-refractivity contribution in [2.75, 3.05) is 13.2 Å². The summed E-state index contributed by atoms with van der Waals surface area (Å²) >= 11 is 0. The van der Waals surface area contributed by atoms with Crippen molar-refractivity contribution < 1.29 is 28.6 Å². The molecule has 0 N–H and O–H groups in total. The number of unbranched alkanes of at least 4 members (excludes halogenated alkanes) is 32. The summed E-state index contributed by atoms with van der Waals surface area (Å²) < 4.78 is 16.9. The molecule has 6 heteroatoms. The largest absolute Gasteiger partial charge is 0.462 e. The molecule has 1 unspecified atom stereocenters. The summed E-state index contributed by atoms with van der Waals surface area (Å²) in [5.74, 6) is -0.903. The highest BCUT2D eigenvalue weighted by Crippen LogP contribution is 2.16. The van der Waals surface area contributed by atoms with Crippen molar-refractivity contribution in [1.29, 1.82) is 0 Å². The highest BCUT2D eigenvalue weighted by molar-refractivity contribution is 5.71. The molecule has 1 atom stereocenters. The molecule has 0 bridgehead atoms. The van der Waals surface area contributed by atoms with Gasteiger partial charge in [0.2, 0.25) is 0 Å². The zero-order valence-electron chi connectivity index (χ0n) is 45.1. The van der Waals surface area contributed by atoms with Gasteiger partial charge in [-0.2, -0.15) is 0 Å². The molecule has 0 aromatic heterocycles. The first kappa shape index (κ1) is 65.1. The Morgan fingerprint density at radius 3 is 0.912 bits per heavy atom. The molecule has 0 spiro atoms. The maximum atomic E-state index is 12.9. The van der Waals surface area contributed by atoms with Crippen LogP contribution in [0, 0.1) is 0 Å². The third-order valence-corrected chi connectivity index (χ3v) is 12.8. The number of hydrogen-bond donors (Lipinski definition) is 0. The Labute approximate surface area is 421 Å². The molecule has 6 nitrogen and oxygen atoms in total.